The maximum Gasteiger partial charge on any atom is 0.416 e. The SMILES string of the molecule is CCOC(=O)C1=C(C)N=c2s/c(=C\c3ccc(-c4cccc(C(F)(F)F)c4)o3)c(=O)n2[C@H]1c1ccc(OCC)c(OCC)c1. The number of carbonyl (C=O) groups excluding carboxylic acids is 1. The summed E-state index contributed by atoms with van der Waals surface area (Å²) in [6, 6.07) is 12.3. The first-order valence-electron chi connectivity index (χ1n) is 13.9. The van der Waals surface area contributed by atoms with E-state index in [9.17, 15) is 22.8 Å². The van der Waals surface area contributed by atoms with E-state index in [-0.39, 0.29) is 33.8 Å². The Morgan fingerprint density at radius 2 is 1.77 bits per heavy atom. The third kappa shape index (κ3) is 6.07. The Balaban J connectivity index is 1.62. The van der Waals surface area contributed by atoms with Gasteiger partial charge in [0.1, 0.15) is 11.5 Å². The molecule has 3 heterocycles. The number of ether oxygens (including phenoxy) is 3. The molecule has 0 bridgehead atoms. The highest BCUT2D eigenvalue weighted by Crippen LogP contribution is 2.37. The standard InChI is InChI=1S/C32H29F3N2O6S/c1-5-40-24-13-11-20(16-25(24)41-6-2)28-27(30(39)42-7-3)18(4)36-31-37(28)29(38)26(44-31)17-22-12-14-23(43-22)19-9-8-10-21(15-19)32(33,34)35/h8-17,28H,5-7H2,1-4H3/b26-17-/t28-/m0/s1. The summed E-state index contributed by atoms with van der Waals surface area (Å²) in [5.74, 6) is 0.867. The van der Waals surface area contributed by atoms with E-state index in [0.717, 1.165) is 23.5 Å². The molecule has 0 unspecified atom stereocenters. The third-order valence-corrected chi connectivity index (χ3v) is 7.76. The number of halogens is 3. The smallest absolute Gasteiger partial charge is 0.416 e. The van der Waals surface area contributed by atoms with Crippen LogP contribution in [-0.4, -0.2) is 30.4 Å². The predicted molar refractivity (Wildman–Crippen MR) is 158 cm³/mol. The van der Waals surface area contributed by atoms with Crippen LogP contribution in [0, 0.1) is 0 Å². The van der Waals surface area contributed by atoms with Gasteiger partial charge in [-0.05, 0) is 69.7 Å². The van der Waals surface area contributed by atoms with Crippen molar-refractivity contribution in [3.63, 3.8) is 0 Å². The Labute approximate surface area is 254 Å². The molecule has 0 aliphatic carbocycles. The van der Waals surface area contributed by atoms with E-state index < -0.39 is 29.3 Å². The van der Waals surface area contributed by atoms with Crippen LogP contribution in [0.3, 0.4) is 0 Å². The lowest BCUT2D eigenvalue weighted by Gasteiger charge is -2.25. The lowest BCUT2D eigenvalue weighted by Crippen LogP contribution is -2.40. The topological polar surface area (TPSA) is 92.3 Å². The summed E-state index contributed by atoms with van der Waals surface area (Å²) in [4.78, 5) is 32.1. The second-order valence-corrected chi connectivity index (χ2v) is 10.7. The number of esters is 1. The van der Waals surface area contributed by atoms with E-state index in [1.807, 2.05) is 13.8 Å². The number of fused-ring (bicyclic) bond motifs is 1. The molecule has 2 aromatic carbocycles. The zero-order chi connectivity index (χ0) is 31.6. The van der Waals surface area contributed by atoms with Crippen molar-refractivity contribution in [2.24, 2.45) is 4.99 Å². The van der Waals surface area contributed by atoms with Gasteiger partial charge < -0.3 is 18.6 Å². The molecule has 1 aliphatic heterocycles. The van der Waals surface area contributed by atoms with Gasteiger partial charge in [-0.2, -0.15) is 13.2 Å². The molecule has 0 saturated carbocycles. The summed E-state index contributed by atoms with van der Waals surface area (Å²) in [6.45, 7) is 8.00. The van der Waals surface area contributed by atoms with Gasteiger partial charge in [-0.15, -0.1) is 0 Å². The Morgan fingerprint density at radius 3 is 2.48 bits per heavy atom. The van der Waals surface area contributed by atoms with Gasteiger partial charge in [0, 0.05) is 11.6 Å². The number of alkyl halides is 3. The molecule has 44 heavy (non-hydrogen) atoms. The molecule has 230 valence electrons. The Hall–Kier alpha value is -4.58. The Bertz CT molecular complexity index is 1920. The van der Waals surface area contributed by atoms with Crippen LogP contribution in [0.2, 0.25) is 0 Å². The average molecular weight is 627 g/mol. The summed E-state index contributed by atoms with van der Waals surface area (Å²) in [5.41, 5.74) is 0.218. The highest BCUT2D eigenvalue weighted by Gasteiger charge is 2.34. The van der Waals surface area contributed by atoms with Crippen molar-refractivity contribution in [3.8, 4) is 22.8 Å². The van der Waals surface area contributed by atoms with Gasteiger partial charge in [-0.1, -0.05) is 29.5 Å². The molecule has 2 aromatic heterocycles. The van der Waals surface area contributed by atoms with Crippen LogP contribution < -0.4 is 24.4 Å². The van der Waals surface area contributed by atoms with Crippen molar-refractivity contribution in [1.29, 1.82) is 0 Å². The average Bonchev–Trinajstić information content (AvgIpc) is 3.57. The van der Waals surface area contributed by atoms with Crippen LogP contribution in [0.5, 0.6) is 11.5 Å². The lowest BCUT2D eigenvalue weighted by atomic mass is 9.95. The zero-order valence-electron chi connectivity index (χ0n) is 24.4. The molecule has 0 saturated heterocycles. The fourth-order valence-corrected chi connectivity index (χ4v) is 5.93. The molecule has 4 aromatic rings. The van der Waals surface area contributed by atoms with Crippen LogP contribution in [0.4, 0.5) is 13.2 Å². The zero-order valence-corrected chi connectivity index (χ0v) is 25.2. The van der Waals surface area contributed by atoms with Gasteiger partial charge >= 0.3 is 12.1 Å². The van der Waals surface area contributed by atoms with Crippen LogP contribution in [0.15, 0.2) is 80.1 Å². The number of aromatic nitrogens is 1. The van der Waals surface area contributed by atoms with Gasteiger partial charge in [0.2, 0.25) is 0 Å². The van der Waals surface area contributed by atoms with Gasteiger partial charge in [-0.3, -0.25) is 9.36 Å². The summed E-state index contributed by atoms with van der Waals surface area (Å²) >= 11 is 1.10. The summed E-state index contributed by atoms with van der Waals surface area (Å²) < 4.78 is 64.0. The largest absolute Gasteiger partial charge is 0.490 e. The normalized spacial score (nSPS) is 15.2. The van der Waals surface area contributed by atoms with Crippen LogP contribution in [0.1, 0.15) is 50.6 Å². The molecular weight excluding hydrogens is 597 g/mol. The lowest BCUT2D eigenvalue weighted by molar-refractivity contribution is -0.139. The highest BCUT2D eigenvalue weighted by atomic mass is 32.1. The van der Waals surface area contributed by atoms with Crippen molar-refractivity contribution >= 4 is 23.4 Å². The van der Waals surface area contributed by atoms with E-state index in [1.54, 1.807) is 44.2 Å². The number of allylic oxidation sites excluding steroid dienone is 1. The number of benzene rings is 2. The number of furan rings is 1. The van der Waals surface area contributed by atoms with Crippen molar-refractivity contribution in [3.05, 3.63) is 102 Å². The first kappa shape index (κ1) is 30.9. The van der Waals surface area contributed by atoms with Crippen molar-refractivity contribution < 1.29 is 36.6 Å². The van der Waals surface area contributed by atoms with Crippen LogP contribution >= 0.6 is 11.3 Å². The van der Waals surface area contributed by atoms with Crippen molar-refractivity contribution in [1.82, 2.24) is 4.57 Å². The second-order valence-electron chi connectivity index (χ2n) is 9.66. The maximum absolute atomic E-state index is 13.9. The number of thiazole rings is 1. The first-order chi connectivity index (χ1) is 21.0. The molecule has 0 radical (unpaired) electrons. The highest BCUT2D eigenvalue weighted by molar-refractivity contribution is 7.07. The molecule has 8 nitrogen and oxygen atoms in total. The predicted octanol–water partition coefficient (Wildman–Crippen LogP) is 5.87. The number of hydrogen-bond acceptors (Lipinski definition) is 8. The van der Waals surface area contributed by atoms with E-state index in [1.165, 1.54) is 22.8 Å². The molecular formula is C32H29F3N2O6S. The quantitative estimate of drug-likeness (QED) is 0.216. The summed E-state index contributed by atoms with van der Waals surface area (Å²) in [7, 11) is 0. The minimum absolute atomic E-state index is 0.132. The molecule has 0 N–H and O–H groups in total. The summed E-state index contributed by atoms with van der Waals surface area (Å²) in [5, 5.41) is 0. The molecule has 0 fully saturated rings. The second kappa shape index (κ2) is 12.6. The van der Waals surface area contributed by atoms with Gasteiger partial charge in [0.15, 0.2) is 16.3 Å². The molecule has 0 spiro atoms. The van der Waals surface area contributed by atoms with Crippen molar-refractivity contribution in [2.45, 2.75) is 39.9 Å². The summed E-state index contributed by atoms with van der Waals surface area (Å²) in [6.07, 6.45) is -2.99. The van der Waals surface area contributed by atoms with Gasteiger partial charge in [0.25, 0.3) is 5.56 Å². The number of rotatable bonds is 9. The van der Waals surface area contributed by atoms with Crippen molar-refractivity contribution in [2.75, 3.05) is 19.8 Å². The van der Waals surface area contributed by atoms with E-state index in [0.29, 0.717) is 40.8 Å². The monoisotopic (exact) mass is 626 g/mol. The van der Waals surface area contributed by atoms with Gasteiger partial charge in [0.05, 0.1) is 47.2 Å². The minimum atomic E-state index is -4.50. The number of carbonyl (C=O) groups is 1. The molecule has 0 amide bonds. The number of hydrogen-bond donors (Lipinski definition) is 0. The Kier molecular flexibility index (Phi) is 8.82. The number of nitrogens with zero attached hydrogens (tertiary/aromatic N) is 2. The van der Waals surface area contributed by atoms with E-state index >= 15 is 0 Å². The van der Waals surface area contributed by atoms with E-state index in [2.05, 4.69) is 4.99 Å². The fraction of sp³-hybridized carbons (Fsp3) is 0.281. The fourth-order valence-electron chi connectivity index (χ4n) is 4.91. The Morgan fingerprint density at radius 1 is 1.02 bits per heavy atom. The van der Waals surface area contributed by atoms with E-state index in [4.69, 9.17) is 18.6 Å². The van der Waals surface area contributed by atoms with Crippen LogP contribution in [-0.2, 0) is 15.7 Å². The molecule has 5 rings (SSSR count). The molecule has 12 heteroatoms. The molecule has 1 aliphatic rings. The molecule has 1 atom stereocenters. The van der Waals surface area contributed by atoms with Crippen LogP contribution in [0.25, 0.3) is 17.4 Å². The minimum Gasteiger partial charge on any atom is -0.490 e. The first-order valence-corrected chi connectivity index (χ1v) is 14.7. The van der Waals surface area contributed by atoms with Gasteiger partial charge in [-0.25, -0.2) is 9.79 Å². The third-order valence-electron chi connectivity index (χ3n) is 6.77. The maximum atomic E-state index is 13.9.